The number of halogens is 2. The van der Waals surface area contributed by atoms with E-state index >= 15 is 0 Å². The van der Waals surface area contributed by atoms with Crippen molar-refractivity contribution in [1.82, 2.24) is 9.97 Å². The van der Waals surface area contributed by atoms with Crippen LogP contribution in [0, 0.1) is 11.3 Å². The third-order valence-corrected chi connectivity index (χ3v) is 4.38. The highest BCUT2D eigenvalue weighted by Crippen LogP contribution is 2.28. The Kier molecular flexibility index (Phi) is 7.43. The van der Waals surface area contributed by atoms with Crippen LogP contribution in [0.4, 0.5) is 16.3 Å². The van der Waals surface area contributed by atoms with Gasteiger partial charge in [0, 0.05) is 9.50 Å². The molecule has 2 N–H and O–H groups in total. The number of carbonyl (C=O) groups is 1. The second-order valence-corrected chi connectivity index (χ2v) is 7.12. The normalized spacial score (nSPS) is 10.0. The van der Waals surface area contributed by atoms with E-state index in [0.717, 1.165) is 10.2 Å². The van der Waals surface area contributed by atoms with Gasteiger partial charge in [0.2, 0.25) is 0 Å². The molecule has 2 aromatic carbocycles. The van der Waals surface area contributed by atoms with Gasteiger partial charge in [0.25, 0.3) is 0 Å². The van der Waals surface area contributed by atoms with Gasteiger partial charge in [-0.2, -0.15) is 5.26 Å². The maximum absolute atomic E-state index is 12.3. The van der Waals surface area contributed by atoms with Crippen LogP contribution >= 0.6 is 27.5 Å². The van der Waals surface area contributed by atoms with Crippen molar-refractivity contribution in [2.75, 3.05) is 23.8 Å². The quantitative estimate of drug-likeness (QED) is 0.459. The van der Waals surface area contributed by atoms with Crippen molar-refractivity contribution in [3.05, 3.63) is 70.0 Å². The lowest BCUT2D eigenvalue weighted by Crippen LogP contribution is -2.21. The van der Waals surface area contributed by atoms with Gasteiger partial charge in [-0.3, -0.25) is 5.32 Å². The molecule has 1 aromatic heterocycles. The van der Waals surface area contributed by atoms with Crippen molar-refractivity contribution in [2.45, 2.75) is 0 Å². The molecule has 0 aliphatic heterocycles. The first-order valence-electron chi connectivity index (χ1n) is 8.64. The minimum atomic E-state index is -0.563. The Bertz CT molecular complexity index is 1060. The van der Waals surface area contributed by atoms with E-state index in [-0.39, 0.29) is 18.1 Å². The van der Waals surface area contributed by atoms with Crippen LogP contribution in [0.3, 0.4) is 0 Å². The number of amides is 2. The van der Waals surface area contributed by atoms with Crippen LogP contribution in [0.25, 0.3) is 0 Å². The molecular formula is C20H15BrClN5O3. The molecule has 0 fully saturated rings. The predicted molar refractivity (Wildman–Crippen MR) is 116 cm³/mol. The molecule has 0 unspecified atom stereocenters. The number of aromatic nitrogens is 2. The van der Waals surface area contributed by atoms with E-state index in [2.05, 4.69) is 36.5 Å². The van der Waals surface area contributed by atoms with Crippen molar-refractivity contribution in [3.63, 3.8) is 0 Å². The van der Waals surface area contributed by atoms with E-state index in [1.54, 1.807) is 18.2 Å². The summed E-state index contributed by atoms with van der Waals surface area (Å²) in [6.07, 6.45) is 2.54. The van der Waals surface area contributed by atoms with Crippen molar-refractivity contribution in [3.8, 4) is 17.6 Å². The molecule has 10 heteroatoms. The summed E-state index contributed by atoms with van der Waals surface area (Å²) in [5, 5.41) is 14.3. The average Bonchev–Trinajstić information content (AvgIpc) is 2.74. The van der Waals surface area contributed by atoms with Crippen molar-refractivity contribution in [2.24, 2.45) is 0 Å². The fraction of sp³-hybridized carbons (Fsp3) is 0.100. The predicted octanol–water partition coefficient (Wildman–Crippen LogP) is 4.87. The smallest absolute Gasteiger partial charge is 0.325 e. The zero-order valence-corrected chi connectivity index (χ0v) is 17.8. The SMILES string of the molecule is N#Cc1cnc(NC(=O)Nc2cc(Cl)ccc2OCCOc2ccc(Br)cc2)cn1. The molecule has 0 aliphatic carbocycles. The molecule has 2 amide bonds. The van der Waals surface area contributed by atoms with Crippen LogP contribution in [0.5, 0.6) is 11.5 Å². The topological polar surface area (TPSA) is 109 Å². The molecule has 0 aliphatic rings. The Hall–Kier alpha value is -3.35. The van der Waals surface area contributed by atoms with Gasteiger partial charge in [-0.15, -0.1) is 0 Å². The molecule has 0 saturated heterocycles. The third-order valence-electron chi connectivity index (χ3n) is 3.62. The van der Waals surface area contributed by atoms with Crippen LogP contribution in [0.15, 0.2) is 59.3 Å². The molecule has 0 spiro atoms. The van der Waals surface area contributed by atoms with Gasteiger partial charge in [-0.1, -0.05) is 27.5 Å². The zero-order valence-electron chi connectivity index (χ0n) is 15.4. The minimum Gasteiger partial charge on any atom is -0.490 e. The van der Waals surface area contributed by atoms with E-state index in [1.807, 2.05) is 30.3 Å². The van der Waals surface area contributed by atoms with Gasteiger partial charge in [0.15, 0.2) is 11.5 Å². The molecule has 30 heavy (non-hydrogen) atoms. The maximum atomic E-state index is 12.3. The summed E-state index contributed by atoms with van der Waals surface area (Å²) < 4.78 is 12.3. The first kappa shape index (κ1) is 21.4. The van der Waals surface area contributed by atoms with Gasteiger partial charge in [0.05, 0.1) is 18.1 Å². The number of benzene rings is 2. The number of nitriles is 1. The Morgan fingerprint density at radius 3 is 2.53 bits per heavy atom. The summed E-state index contributed by atoms with van der Waals surface area (Å²) in [5.74, 6) is 1.35. The Morgan fingerprint density at radius 1 is 1.07 bits per heavy atom. The second kappa shape index (κ2) is 10.4. The summed E-state index contributed by atoms with van der Waals surface area (Å²) in [7, 11) is 0. The van der Waals surface area contributed by atoms with E-state index in [0.29, 0.717) is 23.1 Å². The number of ether oxygens (including phenoxy) is 2. The molecule has 8 nitrogen and oxygen atoms in total. The summed E-state index contributed by atoms with van der Waals surface area (Å²) in [6.45, 7) is 0.575. The first-order valence-corrected chi connectivity index (χ1v) is 9.81. The van der Waals surface area contributed by atoms with Crippen LogP contribution in [0.2, 0.25) is 5.02 Å². The molecule has 152 valence electrons. The molecule has 0 radical (unpaired) electrons. The Morgan fingerprint density at radius 2 is 1.83 bits per heavy atom. The molecule has 0 atom stereocenters. The van der Waals surface area contributed by atoms with Gasteiger partial charge in [0.1, 0.15) is 30.8 Å². The summed E-state index contributed by atoms with van der Waals surface area (Å²) >= 11 is 9.41. The maximum Gasteiger partial charge on any atom is 0.325 e. The zero-order chi connectivity index (χ0) is 21.3. The van der Waals surface area contributed by atoms with Crippen LogP contribution in [0.1, 0.15) is 5.69 Å². The Labute approximate surface area is 185 Å². The molecule has 3 aromatic rings. The van der Waals surface area contributed by atoms with Gasteiger partial charge in [-0.25, -0.2) is 14.8 Å². The summed E-state index contributed by atoms with van der Waals surface area (Å²) in [6, 6.07) is 13.6. The van der Waals surface area contributed by atoms with Gasteiger partial charge >= 0.3 is 6.03 Å². The Balaban J connectivity index is 1.56. The van der Waals surface area contributed by atoms with Crippen molar-refractivity contribution in [1.29, 1.82) is 5.26 Å². The number of rotatable bonds is 7. The standard InChI is InChI=1S/C20H15BrClN5O3/c21-13-1-4-16(5-2-13)29-7-8-30-18-6-3-14(22)9-17(18)26-20(28)27-19-12-24-15(10-23)11-25-19/h1-6,9,11-12H,7-8H2,(H2,25,26,27,28). The molecule has 0 bridgehead atoms. The fourth-order valence-corrected chi connectivity index (χ4v) is 2.72. The van der Waals surface area contributed by atoms with E-state index in [4.69, 9.17) is 26.3 Å². The number of carbonyl (C=O) groups excluding carboxylic acids is 1. The summed E-state index contributed by atoms with van der Waals surface area (Å²) in [5.41, 5.74) is 0.530. The van der Waals surface area contributed by atoms with Crippen LogP contribution in [-0.4, -0.2) is 29.2 Å². The number of anilines is 2. The first-order chi connectivity index (χ1) is 14.5. The lowest BCUT2D eigenvalue weighted by Gasteiger charge is -2.14. The minimum absolute atomic E-state index is 0.150. The van der Waals surface area contributed by atoms with Crippen molar-refractivity contribution < 1.29 is 14.3 Å². The molecular weight excluding hydrogens is 474 g/mol. The average molecular weight is 489 g/mol. The fourth-order valence-electron chi connectivity index (χ4n) is 2.29. The largest absolute Gasteiger partial charge is 0.490 e. The highest BCUT2D eigenvalue weighted by molar-refractivity contribution is 9.10. The second-order valence-electron chi connectivity index (χ2n) is 5.77. The van der Waals surface area contributed by atoms with Crippen LogP contribution in [-0.2, 0) is 0 Å². The highest BCUT2D eigenvalue weighted by atomic mass is 79.9. The van der Waals surface area contributed by atoms with E-state index in [9.17, 15) is 4.79 Å². The molecule has 1 heterocycles. The third kappa shape index (κ3) is 6.34. The van der Waals surface area contributed by atoms with Crippen molar-refractivity contribution >= 4 is 45.1 Å². The number of nitrogens with zero attached hydrogens (tertiary/aromatic N) is 3. The lowest BCUT2D eigenvalue weighted by atomic mass is 10.3. The summed E-state index contributed by atoms with van der Waals surface area (Å²) in [4.78, 5) is 20.0. The number of hydrogen-bond donors (Lipinski definition) is 2. The number of nitrogens with one attached hydrogen (secondary N) is 2. The number of hydrogen-bond acceptors (Lipinski definition) is 6. The van der Waals surface area contributed by atoms with E-state index in [1.165, 1.54) is 12.4 Å². The molecule has 3 rings (SSSR count). The van der Waals surface area contributed by atoms with Gasteiger partial charge < -0.3 is 14.8 Å². The monoisotopic (exact) mass is 487 g/mol. The van der Waals surface area contributed by atoms with Crippen LogP contribution < -0.4 is 20.1 Å². The highest BCUT2D eigenvalue weighted by Gasteiger charge is 2.10. The number of urea groups is 1. The van der Waals surface area contributed by atoms with Gasteiger partial charge in [-0.05, 0) is 42.5 Å². The molecule has 0 saturated carbocycles. The van der Waals surface area contributed by atoms with E-state index < -0.39 is 6.03 Å². The lowest BCUT2D eigenvalue weighted by molar-refractivity contribution is 0.217.